The maximum Gasteiger partial charge on any atom is 0.159 e. The Hall–Kier alpha value is -8.21. The molecule has 0 radical (unpaired) electrons. The van der Waals surface area contributed by atoms with E-state index >= 15 is 0 Å². The first kappa shape index (κ1) is 43.7. The fourth-order valence-electron chi connectivity index (χ4n) is 9.33. The van der Waals surface area contributed by atoms with Gasteiger partial charge < -0.3 is 5.11 Å². The summed E-state index contributed by atoms with van der Waals surface area (Å²) in [7, 11) is 0. The topological polar surface area (TPSA) is 63.1 Å². The SMILES string of the molecule is CC(C)(C)CC(O)=CC(=O)CCc1ccccc1-c1cc(-c2ccccc2-c2ccc(-c3cc4ccccc4cn3)cc2)cc(-c2ccccc2-c2ccc(-c3ccc4ccccc4c3)nc2)c1. The number of aliphatic hydroxyl groups is 1. The Balaban J connectivity index is 1.05. The zero-order valence-electron chi connectivity index (χ0n) is 38.7. The number of pyridine rings is 2. The number of hydrogen-bond acceptors (Lipinski definition) is 4. The molecule has 0 amide bonds. The quantitative estimate of drug-likeness (QED) is 0.0981. The van der Waals surface area contributed by atoms with Crippen LogP contribution in [0.4, 0.5) is 0 Å². The summed E-state index contributed by atoms with van der Waals surface area (Å²) in [6.45, 7) is 6.16. The lowest BCUT2D eigenvalue weighted by molar-refractivity contribution is -0.114. The van der Waals surface area contributed by atoms with Crippen molar-refractivity contribution in [3.63, 3.8) is 0 Å². The zero-order chi connectivity index (χ0) is 46.6. The van der Waals surface area contributed by atoms with Gasteiger partial charge in [-0.1, -0.05) is 185 Å². The number of ketones is 1. The molecule has 0 saturated heterocycles. The second-order valence-electron chi connectivity index (χ2n) is 18.9. The van der Waals surface area contributed by atoms with Crippen LogP contribution in [0.15, 0.2) is 224 Å². The number of fused-ring (bicyclic) bond motifs is 2. The lowest BCUT2D eigenvalue weighted by Crippen LogP contribution is -2.07. The van der Waals surface area contributed by atoms with Gasteiger partial charge in [-0.25, -0.2) is 0 Å². The number of aryl methyl sites for hydroxylation is 1. The summed E-state index contributed by atoms with van der Waals surface area (Å²) < 4.78 is 0. The Kier molecular flexibility index (Phi) is 12.2. The minimum atomic E-state index is -0.121. The van der Waals surface area contributed by atoms with Gasteiger partial charge in [0.05, 0.1) is 17.1 Å². The van der Waals surface area contributed by atoms with Gasteiger partial charge in [-0.3, -0.25) is 14.8 Å². The molecule has 0 spiro atoms. The van der Waals surface area contributed by atoms with E-state index in [9.17, 15) is 9.90 Å². The van der Waals surface area contributed by atoms with Gasteiger partial charge in [-0.15, -0.1) is 0 Å². The van der Waals surface area contributed by atoms with Gasteiger partial charge in [0.25, 0.3) is 0 Å². The second-order valence-corrected chi connectivity index (χ2v) is 18.9. The van der Waals surface area contributed by atoms with E-state index in [1.54, 1.807) is 0 Å². The monoisotopic (exact) mass is 880 g/mol. The van der Waals surface area contributed by atoms with Crippen molar-refractivity contribution in [3.8, 4) is 78.1 Å². The predicted octanol–water partition coefficient (Wildman–Crippen LogP) is 16.8. The molecule has 330 valence electrons. The first-order valence-corrected chi connectivity index (χ1v) is 23.4. The molecule has 0 aliphatic carbocycles. The first-order chi connectivity index (χ1) is 33.1. The van der Waals surface area contributed by atoms with E-state index in [0.29, 0.717) is 12.8 Å². The molecular weight excluding hydrogens is 829 g/mol. The van der Waals surface area contributed by atoms with Gasteiger partial charge in [0.1, 0.15) is 0 Å². The molecule has 1 N–H and O–H groups in total. The number of rotatable bonds is 12. The van der Waals surface area contributed by atoms with Crippen LogP contribution >= 0.6 is 0 Å². The van der Waals surface area contributed by atoms with Crippen molar-refractivity contribution in [1.29, 1.82) is 0 Å². The van der Waals surface area contributed by atoms with Crippen molar-refractivity contribution in [2.75, 3.05) is 0 Å². The standard InChI is InChI=1S/C64H52N2O2/c1-64(2,3)40-56(68)39-55(67)32-30-44-15-8-9-19-57(44)52-35-53(60-22-12-10-20-58(60)45-25-27-46(28-26-45)63-38-48-17-6-7-18-50(48)41-66-63)37-54(36-52)61-23-13-11-21-59(61)51-31-33-62(65-42-51)49-29-24-43-14-4-5-16-47(43)34-49/h4-29,31,33-39,41-42,68H,30,32,40H2,1-3H3. The van der Waals surface area contributed by atoms with Crippen LogP contribution in [-0.4, -0.2) is 20.9 Å². The highest BCUT2D eigenvalue weighted by atomic mass is 16.3. The smallest absolute Gasteiger partial charge is 0.159 e. The Morgan fingerprint density at radius 2 is 0.926 bits per heavy atom. The van der Waals surface area contributed by atoms with Crippen LogP contribution in [0.2, 0.25) is 0 Å². The van der Waals surface area contributed by atoms with Crippen LogP contribution < -0.4 is 0 Å². The van der Waals surface area contributed by atoms with Crippen molar-refractivity contribution in [1.82, 2.24) is 9.97 Å². The highest BCUT2D eigenvalue weighted by molar-refractivity contribution is 5.94. The maximum atomic E-state index is 13.2. The number of benzene rings is 8. The summed E-state index contributed by atoms with van der Waals surface area (Å²) >= 11 is 0. The summed E-state index contributed by atoms with van der Waals surface area (Å²) in [6, 6.07) is 70.8. The fourth-order valence-corrected chi connectivity index (χ4v) is 9.33. The van der Waals surface area contributed by atoms with Crippen LogP contribution in [0.25, 0.3) is 99.7 Å². The molecule has 10 aromatic rings. The molecule has 0 aliphatic heterocycles. The molecule has 0 unspecified atom stereocenters. The van der Waals surface area contributed by atoms with Crippen molar-refractivity contribution in [2.24, 2.45) is 5.41 Å². The molecule has 2 heterocycles. The number of allylic oxidation sites excluding steroid dienone is 2. The van der Waals surface area contributed by atoms with E-state index < -0.39 is 0 Å². The first-order valence-electron chi connectivity index (χ1n) is 23.4. The minimum Gasteiger partial charge on any atom is -0.512 e. The molecule has 8 aromatic carbocycles. The third-order valence-electron chi connectivity index (χ3n) is 12.7. The van der Waals surface area contributed by atoms with Crippen molar-refractivity contribution >= 4 is 27.3 Å². The number of hydrogen-bond donors (Lipinski definition) is 1. The largest absolute Gasteiger partial charge is 0.512 e. The van der Waals surface area contributed by atoms with E-state index in [4.69, 9.17) is 9.97 Å². The molecule has 0 fully saturated rings. The van der Waals surface area contributed by atoms with E-state index in [2.05, 4.69) is 209 Å². The molecule has 0 saturated carbocycles. The van der Waals surface area contributed by atoms with E-state index in [1.807, 2.05) is 24.5 Å². The lowest BCUT2D eigenvalue weighted by Gasteiger charge is -2.18. The Morgan fingerprint density at radius 3 is 1.56 bits per heavy atom. The molecule has 68 heavy (non-hydrogen) atoms. The van der Waals surface area contributed by atoms with Gasteiger partial charge in [0.2, 0.25) is 0 Å². The van der Waals surface area contributed by atoms with Gasteiger partial charge in [0, 0.05) is 53.4 Å². The molecule has 0 aliphatic rings. The van der Waals surface area contributed by atoms with Gasteiger partial charge in [-0.2, -0.15) is 0 Å². The van der Waals surface area contributed by atoms with Crippen LogP contribution in [-0.2, 0) is 11.2 Å². The fraction of sp³-hybridized carbons (Fsp3) is 0.109. The summed E-state index contributed by atoms with van der Waals surface area (Å²) in [5.74, 6) is 0.0467. The van der Waals surface area contributed by atoms with Gasteiger partial charge >= 0.3 is 0 Å². The van der Waals surface area contributed by atoms with Crippen LogP contribution in [0.5, 0.6) is 0 Å². The molecule has 4 nitrogen and oxygen atoms in total. The molecule has 2 aromatic heterocycles. The number of carbonyl (C=O) groups excluding carboxylic acids is 1. The second kappa shape index (κ2) is 18.9. The maximum absolute atomic E-state index is 13.2. The van der Waals surface area contributed by atoms with Gasteiger partial charge in [0.15, 0.2) is 5.78 Å². The summed E-state index contributed by atoms with van der Waals surface area (Å²) in [5, 5.41) is 15.3. The van der Waals surface area contributed by atoms with Crippen LogP contribution in [0.1, 0.15) is 39.2 Å². The number of carbonyl (C=O) groups is 1. The summed E-state index contributed by atoms with van der Waals surface area (Å²) in [5.41, 5.74) is 15.8. The van der Waals surface area contributed by atoms with E-state index in [0.717, 1.165) is 89.1 Å². The normalized spacial score (nSPS) is 11.8. The lowest BCUT2D eigenvalue weighted by atomic mass is 9.86. The molecule has 4 heteroatoms. The van der Waals surface area contributed by atoms with Crippen LogP contribution in [0.3, 0.4) is 0 Å². The van der Waals surface area contributed by atoms with E-state index in [1.165, 1.54) is 22.2 Å². The number of aliphatic hydroxyl groups excluding tert-OH is 1. The van der Waals surface area contributed by atoms with Gasteiger partial charge in [-0.05, 0) is 120 Å². The average Bonchev–Trinajstić information content (AvgIpc) is 3.37. The van der Waals surface area contributed by atoms with Crippen molar-refractivity contribution in [3.05, 3.63) is 230 Å². The molecular formula is C64H52N2O2. The summed E-state index contributed by atoms with van der Waals surface area (Å²) in [6.07, 6.45) is 6.62. The average molecular weight is 881 g/mol. The molecule has 0 bridgehead atoms. The minimum absolute atomic E-state index is 0.0819. The Bertz CT molecular complexity index is 3300. The zero-order valence-corrected chi connectivity index (χ0v) is 38.7. The Morgan fingerprint density at radius 1 is 0.441 bits per heavy atom. The highest BCUT2D eigenvalue weighted by Gasteiger charge is 2.18. The van der Waals surface area contributed by atoms with Crippen molar-refractivity contribution < 1.29 is 9.90 Å². The third kappa shape index (κ3) is 9.68. The van der Waals surface area contributed by atoms with E-state index in [-0.39, 0.29) is 23.4 Å². The number of aromatic nitrogens is 2. The van der Waals surface area contributed by atoms with Crippen LogP contribution in [0, 0.1) is 5.41 Å². The highest BCUT2D eigenvalue weighted by Crippen LogP contribution is 2.41. The molecule has 0 atom stereocenters. The Labute approximate surface area is 399 Å². The molecule has 10 rings (SSSR count). The predicted molar refractivity (Wildman–Crippen MR) is 283 cm³/mol. The third-order valence-corrected chi connectivity index (χ3v) is 12.7. The number of nitrogens with zero attached hydrogens (tertiary/aromatic N) is 2. The van der Waals surface area contributed by atoms with Crippen molar-refractivity contribution in [2.45, 2.75) is 40.0 Å². The summed E-state index contributed by atoms with van der Waals surface area (Å²) in [4.78, 5) is 23.1.